The third kappa shape index (κ3) is 2.15. The second kappa shape index (κ2) is 4.74. The topological polar surface area (TPSA) is 62.9 Å². The first kappa shape index (κ1) is 11.7. The lowest BCUT2D eigenvalue weighted by atomic mass is 9.89. The minimum atomic E-state index is -0.996. The van der Waals surface area contributed by atoms with E-state index in [1.54, 1.807) is 6.07 Å². The molecular formula is C13H17NO4. The van der Waals surface area contributed by atoms with Crippen LogP contribution in [0.4, 0.5) is 0 Å². The summed E-state index contributed by atoms with van der Waals surface area (Å²) in [5.74, 6) is -0.248. The summed E-state index contributed by atoms with van der Waals surface area (Å²) in [7, 11) is 0. The first-order chi connectivity index (χ1) is 8.74. The second-order valence-electron chi connectivity index (χ2n) is 5.13. The minimum Gasteiger partial charge on any atom is -0.475 e. The number of piperidine rings is 1. The molecule has 2 unspecified atom stereocenters. The average Bonchev–Trinajstić information content (AvgIpc) is 2.82. The largest absolute Gasteiger partial charge is 0.475 e. The van der Waals surface area contributed by atoms with Crippen LogP contribution >= 0.6 is 0 Å². The number of fused-ring (bicyclic) bond motifs is 2. The molecule has 0 spiro atoms. The second-order valence-corrected chi connectivity index (χ2v) is 5.13. The number of carboxylic acid groups (broad SMARTS) is 1. The molecule has 2 saturated heterocycles. The summed E-state index contributed by atoms with van der Waals surface area (Å²) in [6, 6.07) is 2.17. The number of likely N-dealkylation sites (tertiary alicyclic amines) is 1. The predicted molar refractivity (Wildman–Crippen MR) is 63.4 cm³/mol. The Kier molecular flexibility index (Phi) is 3.09. The number of hydrogen-bond donors (Lipinski definition) is 1. The van der Waals surface area contributed by atoms with E-state index in [2.05, 4.69) is 4.90 Å². The molecule has 18 heavy (non-hydrogen) atoms. The van der Waals surface area contributed by atoms with Crippen molar-refractivity contribution in [1.29, 1.82) is 0 Å². The Morgan fingerprint density at radius 3 is 3.22 bits per heavy atom. The molecule has 5 nitrogen and oxygen atoms in total. The van der Waals surface area contributed by atoms with Gasteiger partial charge in [0.2, 0.25) is 5.76 Å². The van der Waals surface area contributed by atoms with E-state index in [0.29, 0.717) is 18.5 Å². The van der Waals surface area contributed by atoms with Crippen molar-refractivity contribution in [1.82, 2.24) is 4.90 Å². The van der Waals surface area contributed by atoms with Crippen molar-refractivity contribution in [2.45, 2.75) is 25.4 Å². The van der Waals surface area contributed by atoms with Gasteiger partial charge in [-0.2, -0.15) is 0 Å². The Labute approximate surface area is 105 Å². The van der Waals surface area contributed by atoms with Gasteiger partial charge in [0.05, 0.1) is 12.9 Å². The molecule has 3 heterocycles. The quantitative estimate of drug-likeness (QED) is 0.883. The molecule has 0 aromatic carbocycles. The van der Waals surface area contributed by atoms with Crippen LogP contribution < -0.4 is 0 Å². The molecule has 2 bridgehead atoms. The summed E-state index contributed by atoms with van der Waals surface area (Å²) < 4.78 is 10.6. The zero-order valence-electron chi connectivity index (χ0n) is 10.2. The molecule has 2 atom stereocenters. The monoisotopic (exact) mass is 251 g/mol. The van der Waals surface area contributed by atoms with Crippen LogP contribution in [-0.4, -0.2) is 41.8 Å². The van der Waals surface area contributed by atoms with Crippen LogP contribution in [0, 0.1) is 5.92 Å². The highest BCUT2D eigenvalue weighted by Gasteiger charge is 2.33. The Morgan fingerprint density at radius 1 is 1.50 bits per heavy atom. The number of rotatable bonds is 3. The van der Waals surface area contributed by atoms with Gasteiger partial charge in [-0.05, 0) is 31.4 Å². The fourth-order valence-corrected chi connectivity index (χ4v) is 2.95. The van der Waals surface area contributed by atoms with Crippen molar-refractivity contribution in [3.8, 4) is 0 Å². The number of ether oxygens (including phenoxy) is 1. The molecule has 3 rings (SSSR count). The van der Waals surface area contributed by atoms with Gasteiger partial charge >= 0.3 is 5.97 Å². The van der Waals surface area contributed by atoms with Crippen LogP contribution in [0.2, 0.25) is 0 Å². The first-order valence-electron chi connectivity index (χ1n) is 6.35. The lowest BCUT2D eigenvalue weighted by Crippen LogP contribution is -2.48. The number of carboxylic acids is 1. The summed E-state index contributed by atoms with van der Waals surface area (Å²) in [6.45, 7) is 3.30. The van der Waals surface area contributed by atoms with Gasteiger partial charge in [-0.3, -0.25) is 4.90 Å². The van der Waals surface area contributed by atoms with Crippen LogP contribution in [0.5, 0.6) is 0 Å². The van der Waals surface area contributed by atoms with E-state index in [0.717, 1.165) is 31.7 Å². The molecule has 0 saturated carbocycles. The maximum atomic E-state index is 11.0. The third-order valence-electron chi connectivity index (χ3n) is 3.92. The number of carbonyl (C=O) groups is 1. The number of hydrogen-bond acceptors (Lipinski definition) is 4. The smallest absolute Gasteiger partial charge is 0.372 e. The van der Waals surface area contributed by atoms with E-state index in [4.69, 9.17) is 14.3 Å². The fourth-order valence-electron chi connectivity index (χ4n) is 2.95. The molecule has 0 aliphatic carbocycles. The molecule has 5 heteroatoms. The van der Waals surface area contributed by atoms with Gasteiger partial charge in [-0.25, -0.2) is 4.79 Å². The van der Waals surface area contributed by atoms with Crippen molar-refractivity contribution in [2.24, 2.45) is 5.92 Å². The maximum absolute atomic E-state index is 11.0. The number of furan rings is 1. The van der Waals surface area contributed by atoms with Crippen molar-refractivity contribution in [3.63, 3.8) is 0 Å². The molecule has 98 valence electrons. The van der Waals surface area contributed by atoms with Gasteiger partial charge < -0.3 is 14.3 Å². The van der Waals surface area contributed by atoms with Crippen LogP contribution in [-0.2, 0) is 11.3 Å². The molecule has 1 aromatic heterocycles. The normalized spacial score (nSPS) is 28.2. The maximum Gasteiger partial charge on any atom is 0.372 e. The van der Waals surface area contributed by atoms with Crippen molar-refractivity contribution >= 4 is 5.97 Å². The Morgan fingerprint density at radius 2 is 2.39 bits per heavy atom. The summed E-state index contributed by atoms with van der Waals surface area (Å²) in [6.07, 6.45) is 3.75. The highest BCUT2D eigenvalue weighted by Crippen LogP contribution is 2.29. The summed E-state index contributed by atoms with van der Waals surface area (Å²) in [5, 5.41) is 9.02. The molecule has 2 aliphatic heterocycles. The zero-order chi connectivity index (χ0) is 12.5. The highest BCUT2D eigenvalue weighted by molar-refractivity contribution is 5.86. The standard InChI is InChI=1S/C13H17NO4/c15-13(16)12-10(2-4-18-12)6-14-3-1-9-5-11(14)8-17-7-9/h2,4,9,11H,1,3,5-8H2,(H,15,16). The van der Waals surface area contributed by atoms with E-state index in [1.807, 2.05) is 0 Å². The number of nitrogens with zero attached hydrogens (tertiary/aromatic N) is 1. The Balaban J connectivity index is 1.72. The Bertz CT molecular complexity index is 442. The molecule has 0 amide bonds. The minimum absolute atomic E-state index is 0.0638. The van der Waals surface area contributed by atoms with Crippen molar-refractivity contribution in [2.75, 3.05) is 19.8 Å². The van der Waals surface area contributed by atoms with Gasteiger partial charge in [0, 0.05) is 24.8 Å². The average molecular weight is 251 g/mol. The summed E-state index contributed by atoms with van der Waals surface area (Å²) in [4.78, 5) is 13.3. The molecule has 1 N–H and O–H groups in total. The molecule has 2 fully saturated rings. The van der Waals surface area contributed by atoms with Gasteiger partial charge in [0.15, 0.2) is 0 Å². The van der Waals surface area contributed by atoms with Crippen LogP contribution in [0.25, 0.3) is 0 Å². The van der Waals surface area contributed by atoms with Crippen LogP contribution in [0.3, 0.4) is 0 Å². The summed E-state index contributed by atoms with van der Waals surface area (Å²) in [5.41, 5.74) is 0.756. The lowest BCUT2D eigenvalue weighted by Gasteiger charge is -2.42. The summed E-state index contributed by atoms with van der Waals surface area (Å²) >= 11 is 0. The fraction of sp³-hybridized carbons (Fsp3) is 0.615. The third-order valence-corrected chi connectivity index (χ3v) is 3.92. The molecular weight excluding hydrogens is 234 g/mol. The van der Waals surface area contributed by atoms with E-state index in [1.165, 1.54) is 12.7 Å². The lowest BCUT2D eigenvalue weighted by molar-refractivity contribution is -0.0501. The molecule has 1 aromatic rings. The zero-order valence-corrected chi connectivity index (χ0v) is 10.2. The van der Waals surface area contributed by atoms with Gasteiger partial charge in [0.25, 0.3) is 0 Å². The van der Waals surface area contributed by atoms with E-state index >= 15 is 0 Å². The van der Waals surface area contributed by atoms with E-state index in [-0.39, 0.29) is 5.76 Å². The van der Waals surface area contributed by atoms with Gasteiger partial charge in [-0.1, -0.05) is 0 Å². The van der Waals surface area contributed by atoms with Crippen LogP contribution in [0.15, 0.2) is 16.7 Å². The van der Waals surface area contributed by atoms with Crippen molar-refractivity contribution in [3.05, 3.63) is 23.7 Å². The van der Waals surface area contributed by atoms with Gasteiger partial charge in [0.1, 0.15) is 0 Å². The SMILES string of the molecule is O=C(O)c1occc1CN1CCC2COCC1C2. The predicted octanol–water partition coefficient (Wildman–Crippen LogP) is 1.59. The molecule has 0 radical (unpaired) electrons. The highest BCUT2D eigenvalue weighted by atomic mass is 16.5. The molecule has 2 aliphatic rings. The van der Waals surface area contributed by atoms with Crippen LogP contribution in [0.1, 0.15) is 29.0 Å². The Hall–Kier alpha value is -1.33. The van der Waals surface area contributed by atoms with Crippen molar-refractivity contribution < 1.29 is 19.1 Å². The van der Waals surface area contributed by atoms with E-state index in [9.17, 15) is 4.79 Å². The van der Waals surface area contributed by atoms with Gasteiger partial charge in [-0.15, -0.1) is 0 Å². The number of aromatic carboxylic acids is 1. The first-order valence-corrected chi connectivity index (χ1v) is 6.35. The van der Waals surface area contributed by atoms with E-state index < -0.39 is 5.97 Å².